The molecular weight excluding hydrogens is 182 g/mol. The van der Waals surface area contributed by atoms with E-state index in [0.717, 1.165) is 32.4 Å². The van der Waals surface area contributed by atoms with Gasteiger partial charge in [0, 0.05) is 6.04 Å². The summed E-state index contributed by atoms with van der Waals surface area (Å²) in [5, 5.41) is 0. The molecule has 0 bridgehead atoms. The molecular formula is C9H19N3O2. The number of likely N-dealkylation sites (tertiary alicyclic amines) is 1. The zero-order valence-corrected chi connectivity index (χ0v) is 8.66. The van der Waals surface area contributed by atoms with Gasteiger partial charge in [-0.1, -0.05) is 0 Å². The average molecular weight is 201 g/mol. The fourth-order valence-corrected chi connectivity index (χ4v) is 1.59. The van der Waals surface area contributed by atoms with Crippen molar-refractivity contribution in [3.8, 4) is 0 Å². The molecule has 5 nitrogen and oxygen atoms in total. The van der Waals surface area contributed by atoms with Gasteiger partial charge in [0.25, 0.3) is 0 Å². The molecule has 1 amide bonds. The predicted octanol–water partition coefficient (Wildman–Crippen LogP) is -0.523. The van der Waals surface area contributed by atoms with Crippen molar-refractivity contribution in [3.63, 3.8) is 0 Å². The highest BCUT2D eigenvalue weighted by Crippen LogP contribution is 2.09. The number of primary amides is 1. The van der Waals surface area contributed by atoms with Gasteiger partial charge in [-0.25, -0.2) is 0 Å². The summed E-state index contributed by atoms with van der Waals surface area (Å²) in [5.41, 5.74) is 7.83. The van der Waals surface area contributed by atoms with Gasteiger partial charge in [0.15, 0.2) is 0 Å². The van der Waals surface area contributed by atoms with Crippen LogP contribution < -0.4 is 11.2 Å². The van der Waals surface area contributed by atoms with E-state index in [4.69, 9.17) is 10.6 Å². The number of nitrogens with two attached hydrogens (primary N) is 1. The molecule has 0 aromatic heterocycles. The van der Waals surface area contributed by atoms with Crippen LogP contribution in [0, 0.1) is 0 Å². The Bertz CT molecular complexity index is 187. The van der Waals surface area contributed by atoms with Gasteiger partial charge < -0.3 is 10.6 Å². The van der Waals surface area contributed by atoms with Crippen molar-refractivity contribution in [1.82, 2.24) is 10.4 Å². The summed E-state index contributed by atoms with van der Waals surface area (Å²) in [7, 11) is 2.12. The quantitative estimate of drug-likeness (QED) is 0.600. The van der Waals surface area contributed by atoms with Crippen LogP contribution >= 0.6 is 0 Å². The van der Waals surface area contributed by atoms with Crippen LogP contribution in [0.4, 0.5) is 0 Å². The van der Waals surface area contributed by atoms with E-state index >= 15 is 0 Å². The monoisotopic (exact) mass is 201 g/mol. The largest absolute Gasteiger partial charge is 0.368 e. The molecule has 1 atom stereocenters. The van der Waals surface area contributed by atoms with E-state index in [2.05, 4.69) is 17.4 Å². The molecule has 82 valence electrons. The number of nitrogens with zero attached hydrogens (tertiary/aromatic N) is 1. The van der Waals surface area contributed by atoms with Gasteiger partial charge in [-0.05, 0) is 39.4 Å². The minimum atomic E-state index is -0.441. The highest BCUT2D eigenvalue weighted by atomic mass is 16.6. The Labute approximate surface area is 84.5 Å². The van der Waals surface area contributed by atoms with E-state index < -0.39 is 5.91 Å². The van der Waals surface area contributed by atoms with Crippen LogP contribution in [0.3, 0.4) is 0 Å². The van der Waals surface area contributed by atoms with E-state index in [1.165, 1.54) is 0 Å². The van der Waals surface area contributed by atoms with Crippen molar-refractivity contribution in [2.75, 3.05) is 26.7 Å². The standard InChI is InChI=1S/C9H19N3O2/c1-12-5-2-3-8(4-6-12)11-14-7-9(10)13/h8,11H,2-7H2,1H3,(H2,10,13). The van der Waals surface area contributed by atoms with E-state index in [0.29, 0.717) is 6.04 Å². The first kappa shape index (κ1) is 11.4. The third-order valence-corrected chi connectivity index (χ3v) is 2.42. The second kappa shape index (κ2) is 5.95. The summed E-state index contributed by atoms with van der Waals surface area (Å²) < 4.78 is 0. The van der Waals surface area contributed by atoms with Crippen molar-refractivity contribution >= 4 is 5.91 Å². The van der Waals surface area contributed by atoms with Crippen molar-refractivity contribution in [1.29, 1.82) is 0 Å². The van der Waals surface area contributed by atoms with E-state index in [9.17, 15) is 4.79 Å². The molecule has 0 aromatic carbocycles. The van der Waals surface area contributed by atoms with Crippen LogP contribution in [-0.4, -0.2) is 43.6 Å². The Morgan fingerprint density at radius 1 is 1.57 bits per heavy atom. The maximum Gasteiger partial charge on any atom is 0.245 e. The van der Waals surface area contributed by atoms with Gasteiger partial charge in [-0.3, -0.25) is 9.63 Å². The number of hydrogen-bond acceptors (Lipinski definition) is 4. The van der Waals surface area contributed by atoms with Crippen LogP contribution in [0.1, 0.15) is 19.3 Å². The minimum absolute atomic E-state index is 0.0493. The van der Waals surface area contributed by atoms with Crippen LogP contribution in [0.25, 0.3) is 0 Å². The van der Waals surface area contributed by atoms with Gasteiger partial charge >= 0.3 is 0 Å². The van der Waals surface area contributed by atoms with Crippen molar-refractivity contribution < 1.29 is 9.63 Å². The predicted molar refractivity (Wildman–Crippen MR) is 53.4 cm³/mol. The summed E-state index contributed by atoms with van der Waals surface area (Å²) in [6.45, 7) is 2.15. The number of nitrogens with one attached hydrogen (secondary N) is 1. The zero-order chi connectivity index (χ0) is 10.4. The fraction of sp³-hybridized carbons (Fsp3) is 0.889. The molecule has 1 aliphatic heterocycles. The van der Waals surface area contributed by atoms with E-state index in [1.807, 2.05) is 0 Å². The lowest BCUT2D eigenvalue weighted by Gasteiger charge is -2.15. The second-order valence-electron chi connectivity index (χ2n) is 3.80. The molecule has 1 saturated heterocycles. The van der Waals surface area contributed by atoms with Gasteiger partial charge in [-0.2, -0.15) is 5.48 Å². The maximum absolute atomic E-state index is 10.4. The fourth-order valence-electron chi connectivity index (χ4n) is 1.59. The third kappa shape index (κ3) is 4.55. The molecule has 0 aliphatic carbocycles. The number of hydroxylamine groups is 1. The van der Waals surface area contributed by atoms with E-state index in [-0.39, 0.29) is 6.61 Å². The van der Waals surface area contributed by atoms with Crippen LogP contribution in [-0.2, 0) is 9.63 Å². The van der Waals surface area contributed by atoms with Gasteiger partial charge in [-0.15, -0.1) is 0 Å². The zero-order valence-electron chi connectivity index (χ0n) is 8.66. The molecule has 0 aromatic rings. The van der Waals surface area contributed by atoms with Crippen LogP contribution in [0.15, 0.2) is 0 Å². The van der Waals surface area contributed by atoms with E-state index in [1.54, 1.807) is 0 Å². The summed E-state index contributed by atoms with van der Waals surface area (Å²) in [4.78, 5) is 17.7. The molecule has 14 heavy (non-hydrogen) atoms. The molecule has 0 spiro atoms. The molecule has 1 aliphatic rings. The van der Waals surface area contributed by atoms with Gasteiger partial charge in [0.1, 0.15) is 6.61 Å². The molecule has 5 heteroatoms. The number of rotatable bonds is 4. The molecule has 1 rings (SSSR count). The number of hydrogen-bond donors (Lipinski definition) is 2. The summed E-state index contributed by atoms with van der Waals surface area (Å²) in [6.07, 6.45) is 3.30. The summed E-state index contributed by atoms with van der Waals surface area (Å²) >= 11 is 0. The Kier molecular flexibility index (Phi) is 4.86. The molecule has 0 radical (unpaired) electrons. The first-order valence-corrected chi connectivity index (χ1v) is 5.02. The number of carbonyl (C=O) groups excluding carboxylic acids is 1. The average Bonchev–Trinajstić information content (AvgIpc) is 2.30. The molecule has 1 fully saturated rings. The topological polar surface area (TPSA) is 67.6 Å². The Morgan fingerprint density at radius 3 is 3.07 bits per heavy atom. The highest BCUT2D eigenvalue weighted by Gasteiger charge is 2.14. The number of carbonyl (C=O) groups is 1. The Hall–Kier alpha value is -0.650. The lowest BCUT2D eigenvalue weighted by Crippen LogP contribution is -2.33. The van der Waals surface area contributed by atoms with Crippen LogP contribution in [0.2, 0.25) is 0 Å². The lowest BCUT2D eigenvalue weighted by atomic mass is 10.1. The number of amides is 1. The summed E-state index contributed by atoms with van der Waals surface area (Å²) in [5.74, 6) is -0.441. The van der Waals surface area contributed by atoms with Gasteiger partial charge in [0.05, 0.1) is 0 Å². The second-order valence-corrected chi connectivity index (χ2v) is 3.80. The molecule has 0 saturated carbocycles. The maximum atomic E-state index is 10.4. The molecule has 1 heterocycles. The summed E-state index contributed by atoms with van der Waals surface area (Å²) in [6, 6.07) is 0.347. The lowest BCUT2D eigenvalue weighted by molar-refractivity contribution is -0.126. The first-order chi connectivity index (χ1) is 6.68. The van der Waals surface area contributed by atoms with Crippen LogP contribution in [0.5, 0.6) is 0 Å². The first-order valence-electron chi connectivity index (χ1n) is 5.02. The Morgan fingerprint density at radius 2 is 2.36 bits per heavy atom. The normalized spacial score (nSPS) is 24.5. The van der Waals surface area contributed by atoms with Crippen molar-refractivity contribution in [2.24, 2.45) is 5.73 Å². The van der Waals surface area contributed by atoms with Gasteiger partial charge in [0.2, 0.25) is 5.91 Å². The Balaban J connectivity index is 2.14. The molecule has 1 unspecified atom stereocenters. The minimum Gasteiger partial charge on any atom is -0.368 e. The van der Waals surface area contributed by atoms with Crippen molar-refractivity contribution in [3.05, 3.63) is 0 Å². The highest BCUT2D eigenvalue weighted by molar-refractivity contribution is 5.74. The smallest absolute Gasteiger partial charge is 0.245 e. The van der Waals surface area contributed by atoms with Crippen molar-refractivity contribution in [2.45, 2.75) is 25.3 Å². The molecule has 3 N–H and O–H groups in total. The SMILES string of the molecule is CN1CCCC(NOCC(N)=O)CC1. The third-order valence-electron chi connectivity index (χ3n) is 2.42.